The van der Waals surface area contributed by atoms with Gasteiger partial charge in [-0.05, 0) is 43.0 Å². The molecule has 1 atom stereocenters. The Morgan fingerprint density at radius 1 is 1.25 bits per heavy atom. The summed E-state index contributed by atoms with van der Waals surface area (Å²) in [6, 6.07) is 5.62. The number of hydrogen-bond donors (Lipinski definition) is 1. The van der Waals surface area contributed by atoms with Crippen molar-refractivity contribution < 1.29 is 9.47 Å². The summed E-state index contributed by atoms with van der Waals surface area (Å²) in [6.45, 7) is 0. The Morgan fingerprint density at radius 3 is 2.55 bits per heavy atom. The molecule has 2 N–H and O–H groups in total. The van der Waals surface area contributed by atoms with Crippen LogP contribution in [-0.2, 0) is 11.2 Å². The fourth-order valence-corrected chi connectivity index (χ4v) is 3.40. The van der Waals surface area contributed by atoms with Crippen LogP contribution in [0.25, 0.3) is 0 Å². The van der Waals surface area contributed by atoms with E-state index in [2.05, 4.69) is 0 Å². The minimum atomic E-state index is -0.203. The third-order valence-corrected chi connectivity index (χ3v) is 4.70. The summed E-state index contributed by atoms with van der Waals surface area (Å²) >= 11 is 6.08. The average molecular weight is 298 g/mol. The summed E-state index contributed by atoms with van der Waals surface area (Å²) in [5.74, 6) is 0.840. The Hall–Kier alpha value is -0.770. The Bertz CT molecular complexity index is 444. The first-order valence-electron chi connectivity index (χ1n) is 7.24. The molecular formula is C16H24ClNO2. The molecule has 1 aromatic rings. The van der Waals surface area contributed by atoms with Gasteiger partial charge in [0.15, 0.2) is 0 Å². The van der Waals surface area contributed by atoms with Crippen LogP contribution in [0.1, 0.15) is 37.7 Å². The molecule has 2 rings (SSSR count). The number of halogens is 1. The monoisotopic (exact) mass is 297 g/mol. The summed E-state index contributed by atoms with van der Waals surface area (Å²) in [7, 11) is 3.45. The smallest absolute Gasteiger partial charge is 0.122 e. The molecular weight excluding hydrogens is 274 g/mol. The van der Waals surface area contributed by atoms with Crippen molar-refractivity contribution in [3.05, 3.63) is 28.8 Å². The van der Waals surface area contributed by atoms with Crippen molar-refractivity contribution >= 4 is 11.6 Å². The van der Waals surface area contributed by atoms with Crippen molar-refractivity contribution in [1.29, 1.82) is 0 Å². The molecule has 1 aliphatic carbocycles. The quantitative estimate of drug-likeness (QED) is 0.903. The van der Waals surface area contributed by atoms with Crippen molar-refractivity contribution in [1.82, 2.24) is 0 Å². The molecule has 0 saturated heterocycles. The molecule has 20 heavy (non-hydrogen) atoms. The SMILES string of the molecule is COc1ccc(Cl)cc1CC(N)C1(OC)CCCCC1. The summed E-state index contributed by atoms with van der Waals surface area (Å²) in [5.41, 5.74) is 7.32. The fraction of sp³-hybridized carbons (Fsp3) is 0.625. The van der Waals surface area contributed by atoms with E-state index in [4.69, 9.17) is 26.8 Å². The van der Waals surface area contributed by atoms with Gasteiger partial charge in [0.2, 0.25) is 0 Å². The predicted octanol–water partition coefficient (Wildman–Crippen LogP) is 3.57. The van der Waals surface area contributed by atoms with Gasteiger partial charge in [-0.3, -0.25) is 0 Å². The maximum atomic E-state index is 6.48. The first-order valence-corrected chi connectivity index (χ1v) is 7.62. The van der Waals surface area contributed by atoms with Gasteiger partial charge in [-0.1, -0.05) is 30.9 Å². The zero-order chi connectivity index (χ0) is 14.6. The summed E-state index contributed by atoms with van der Waals surface area (Å²) in [4.78, 5) is 0. The molecule has 1 fully saturated rings. The van der Waals surface area contributed by atoms with Gasteiger partial charge in [0.25, 0.3) is 0 Å². The normalized spacial score (nSPS) is 19.6. The highest BCUT2D eigenvalue weighted by Gasteiger charge is 2.38. The van der Waals surface area contributed by atoms with Crippen molar-refractivity contribution in [3.63, 3.8) is 0 Å². The Balaban J connectivity index is 2.17. The van der Waals surface area contributed by atoms with Gasteiger partial charge in [-0.25, -0.2) is 0 Å². The molecule has 112 valence electrons. The van der Waals surface area contributed by atoms with E-state index in [9.17, 15) is 0 Å². The van der Waals surface area contributed by atoms with Gasteiger partial charge in [0, 0.05) is 18.2 Å². The van der Waals surface area contributed by atoms with E-state index in [1.807, 2.05) is 18.2 Å². The minimum absolute atomic E-state index is 0.0415. The van der Waals surface area contributed by atoms with Crippen molar-refractivity contribution in [3.8, 4) is 5.75 Å². The zero-order valence-electron chi connectivity index (χ0n) is 12.3. The standard InChI is InChI=1S/C16H24ClNO2/c1-19-14-7-6-13(17)10-12(14)11-15(18)16(20-2)8-4-3-5-9-16/h6-7,10,15H,3-5,8-9,11,18H2,1-2H3. The Kier molecular flexibility index (Phi) is 5.30. The molecule has 0 bridgehead atoms. The largest absolute Gasteiger partial charge is 0.496 e. The van der Waals surface area contributed by atoms with Crippen LogP contribution in [0.15, 0.2) is 18.2 Å². The van der Waals surface area contributed by atoms with Crippen LogP contribution in [-0.4, -0.2) is 25.9 Å². The molecule has 0 heterocycles. The number of ether oxygens (including phenoxy) is 2. The van der Waals surface area contributed by atoms with Crippen LogP contribution in [0.2, 0.25) is 5.02 Å². The number of rotatable bonds is 5. The molecule has 3 nitrogen and oxygen atoms in total. The minimum Gasteiger partial charge on any atom is -0.496 e. The van der Waals surface area contributed by atoms with Gasteiger partial charge in [0.1, 0.15) is 5.75 Å². The topological polar surface area (TPSA) is 44.5 Å². The molecule has 0 aliphatic heterocycles. The maximum absolute atomic E-state index is 6.48. The second kappa shape index (κ2) is 6.79. The van der Waals surface area contributed by atoms with E-state index in [1.165, 1.54) is 19.3 Å². The number of methoxy groups -OCH3 is 2. The molecule has 0 radical (unpaired) electrons. The van der Waals surface area contributed by atoms with Crippen LogP contribution in [0.4, 0.5) is 0 Å². The molecule has 0 amide bonds. The lowest BCUT2D eigenvalue weighted by molar-refractivity contribution is -0.0583. The Labute approximate surface area is 126 Å². The summed E-state index contributed by atoms with van der Waals surface area (Å²) in [5, 5.41) is 0.711. The van der Waals surface area contributed by atoms with Crippen LogP contribution < -0.4 is 10.5 Å². The van der Waals surface area contributed by atoms with Gasteiger partial charge in [-0.2, -0.15) is 0 Å². The Morgan fingerprint density at radius 2 is 1.95 bits per heavy atom. The summed E-state index contributed by atoms with van der Waals surface area (Å²) < 4.78 is 11.2. The lowest BCUT2D eigenvalue weighted by Gasteiger charge is -2.41. The lowest BCUT2D eigenvalue weighted by Crippen LogP contribution is -2.51. The highest BCUT2D eigenvalue weighted by Crippen LogP contribution is 2.35. The molecule has 0 spiro atoms. The first-order chi connectivity index (χ1) is 9.61. The molecule has 1 unspecified atom stereocenters. The fourth-order valence-electron chi connectivity index (χ4n) is 3.21. The van der Waals surface area contributed by atoms with Crippen molar-refractivity contribution in [2.24, 2.45) is 5.73 Å². The van der Waals surface area contributed by atoms with E-state index in [-0.39, 0.29) is 11.6 Å². The maximum Gasteiger partial charge on any atom is 0.122 e. The van der Waals surface area contributed by atoms with Crippen molar-refractivity contribution in [2.45, 2.75) is 50.2 Å². The van der Waals surface area contributed by atoms with E-state index in [0.717, 1.165) is 30.6 Å². The number of benzene rings is 1. The van der Waals surface area contributed by atoms with Gasteiger partial charge in [-0.15, -0.1) is 0 Å². The molecule has 4 heteroatoms. The van der Waals surface area contributed by atoms with Crippen LogP contribution in [0, 0.1) is 0 Å². The van der Waals surface area contributed by atoms with Crippen LogP contribution >= 0.6 is 11.6 Å². The number of hydrogen-bond acceptors (Lipinski definition) is 3. The average Bonchev–Trinajstić information content (AvgIpc) is 2.48. The van der Waals surface area contributed by atoms with Gasteiger partial charge >= 0.3 is 0 Å². The zero-order valence-corrected chi connectivity index (χ0v) is 13.1. The van der Waals surface area contributed by atoms with E-state index in [0.29, 0.717) is 5.02 Å². The van der Waals surface area contributed by atoms with Crippen LogP contribution in [0.3, 0.4) is 0 Å². The highest BCUT2D eigenvalue weighted by molar-refractivity contribution is 6.30. The highest BCUT2D eigenvalue weighted by atomic mass is 35.5. The van der Waals surface area contributed by atoms with Gasteiger partial charge in [0.05, 0.1) is 12.7 Å². The number of nitrogens with two attached hydrogens (primary N) is 1. The second-order valence-electron chi connectivity index (χ2n) is 5.60. The molecule has 0 aromatic heterocycles. The molecule has 1 aromatic carbocycles. The van der Waals surface area contributed by atoms with Gasteiger partial charge < -0.3 is 15.2 Å². The predicted molar refractivity (Wildman–Crippen MR) is 82.5 cm³/mol. The van der Waals surface area contributed by atoms with E-state index >= 15 is 0 Å². The van der Waals surface area contributed by atoms with Crippen molar-refractivity contribution in [2.75, 3.05) is 14.2 Å². The van der Waals surface area contributed by atoms with E-state index < -0.39 is 0 Å². The van der Waals surface area contributed by atoms with Crippen LogP contribution in [0.5, 0.6) is 5.75 Å². The third-order valence-electron chi connectivity index (χ3n) is 4.46. The third kappa shape index (κ3) is 3.27. The molecule has 1 aliphatic rings. The summed E-state index contributed by atoms with van der Waals surface area (Å²) in [6.07, 6.45) is 6.44. The lowest BCUT2D eigenvalue weighted by atomic mass is 9.77. The second-order valence-corrected chi connectivity index (χ2v) is 6.03. The van der Waals surface area contributed by atoms with E-state index in [1.54, 1.807) is 14.2 Å². The first kappa shape index (κ1) is 15.6. The molecule has 1 saturated carbocycles.